The lowest BCUT2D eigenvalue weighted by Gasteiger charge is -2.32. The van der Waals surface area contributed by atoms with Crippen molar-refractivity contribution in [2.75, 3.05) is 6.61 Å². The molecule has 0 aliphatic heterocycles. The molecular weight excluding hydrogens is 468 g/mol. The van der Waals surface area contributed by atoms with Crippen LogP contribution in [0.3, 0.4) is 0 Å². The number of ether oxygens (including phenoxy) is 1. The molecule has 0 aromatic rings. The summed E-state index contributed by atoms with van der Waals surface area (Å²) in [4.78, 5) is 62.2. The largest absolute Gasteiger partial charge is 0.393 e. The molecule has 0 amide bonds. The van der Waals surface area contributed by atoms with Crippen LogP contribution < -0.4 is 0 Å². The Morgan fingerprint density at radius 2 is 1.42 bits per heavy atom. The Morgan fingerprint density at radius 1 is 0.833 bits per heavy atom. The highest BCUT2D eigenvalue weighted by atomic mass is 16.6. The maximum absolute atomic E-state index is 12.8. The van der Waals surface area contributed by atoms with Crippen molar-refractivity contribution in [2.45, 2.75) is 111 Å². The van der Waals surface area contributed by atoms with Crippen molar-refractivity contribution in [2.24, 2.45) is 11.3 Å². The molecule has 0 saturated carbocycles. The summed E-state index contributed by atoms with van der Waals surface area (Å²) in [7, 11) is 0. The van der Waals surface area contributed by atoms with E-state index < -0.39 is 53.3 Å². The highest BCUT2D eigenvalue weighted by Crippen LogP contribution is 2.37. The topological polar surface area (TPSA) is 155 Å². The van der Waals surface area contributed by atoms with Crippen LogP contribution in [0.5, 0.6) is 0 Å². The van der Waals surface area contributed by atoms with Crippen molar-refractivity contribution in [1.82, 2.24) is 0 Å². The van der Waals surface area contributed by atoms with Gasteiger partial charge in [-0.1, -0.05) is 57.6 Å². The van der Waals surface area contributed by atoms with Crippen LogP contribution in [0.15, 0.2) is 12.2 Å². The zero-order valence-corrected chi connectivity index (χ0v) is 22.2. The molecule has 9 nitrogen and oxygen atoms in total. The Balaban J connectivity index is 5.00. The summed E-state index contributed by atoms with van der Waals surface area (Å²) in [6.45, 7) is 4.26. The molecule has 0 aromatic heterocycles. The van der Waals surface area contributed by atoms with E-state index in [1.165, 1.54) is 13.3 Å². The fraction of sp³-hybridized carbons (Fsp3) is 0.741. The maximum Gasteiger partial charge on any atom is 0.345 e. The molecule has 0 radical (unpaired) electrons. The van der Waals surface area contributed by atoms with Gasteiger partial charge in [-0.05, 0) is 52.9 Å². The minimum absolute atomic E-state index is 0.0561. The van der Waals surface area contributed by atoms with E-state index in [0.717, 1.165) is 52.4 Å². The first-order valence-electron chi connectivity index (χ1n) is 12.9. The number of aliphatic hydroxyl groups is 3. The summed E-state index contributed by atoms with van der Waals surface area (Å²) in [6, 6.07) is 0. The van der Waals surface area contributed by atoms with E-state index in [2.05, 4.69) is 11.7 Å². The standard InChI is InChI=1S/C27H44O9/c1-5-6-7-12-15-22(32)16-13-10-8-9-11-14-17-23(19(2)29)27(20(3)30,21(4)31)26(35)36-25(34)24(33)18-28/h10,13,22-24,28,32-33H,5-9,11-12,14-18H2,1-4H3/b13-10-. The van der Waals surface area contributed by atoms with Gasteiger partial charge < -0.3 is 20.1 Å². The van der Waals surface area contributed by atoms with Crippen LogP contribution in [0.1, 0.15) is 98.3 Å². The van der Waals surface area contributed by atoms with Crippen LogP contribution in [0.4, 0.5) is 0 Å². The third-order valence-electron chi connectivity index (χ3n) is 6.41. The third-order valence-corrected chi connectivity index (χ3v) is 6.41. The van der Waals surface area contributed by atoms with Gasteiger partial charge in [-0.15, -0.1) is 0 Å². The second kappa shape index (κ2) is 18.1. The van der Waals surface area contributed by atoms with Crippen molar-refractivity contribution in [3.8, 4) is 0 Å². The number of Topliss-reactive ketones (excluding diaryl/α,β-unsaturated/α-hetero) is 3. The predicted octanol–water partition coefficient (Wildman–Crippen LogP) is 3.01. The number of rotatable bonds is 20. The second-order valence-corrected chi connectivity index (χ2v) is 9.34. The molecule has 0 rings (SSSR count). The molecule has 3 N–H and O–H groups in total. The van der Waals surface area contributed by atoms with Gasteiger partial charge >= 0.3 is 11.9 Å². The SMILES string of the molecule is CCCCCCC(O)C/C=C\CCCCCC(C(C)=O)C(C(C)=O)(C(C)=O)C(=O)OC(=O)C(O)CO. The van der Waals surface area contributed by atoms with Crippen LogP contribution in [0, 0.1) is 11.3 Å². The highest BCUT2D eigenvalue weighted by molar-refractivity contribution is 6.24. The smallest absolute Gasteiger partial charge is 0.345 e. The van der Waals surface area contributed by atoms with Gasteiger partial charge in [0.25, 0.3) is 0 Å². The summed E-state index contributed by atoms with van der Waals surface area (Å²) < 4.78 is 4.54. The van der Waals surface area contributed by atoms with E-state index in [4.69, 9.17) is 5.11 Å². The zero-order chi connectivity index (χ0) is 27.7. The van der Waals surface area contributed by atoms with Crippen LogP contribution in [0.2, 0.25) is 0 Å². The lowest BCUT2D eigenvalue weighted by atomic mass is 9.66. The molecule has 0 aliphatic carbocycles. The molecular formula is C27H44O9. The zero-order valence-electron chi connectivity index (χ0n) is 22.2. The highest BCUT2D eigenvalue weighted by Gasteiger charge is 2.57. The lowest BCUT2D eigenvalue weighted by molar-refractivity contribution is -0.179. The third kappa shape index (κ3) is 10.8. The number of hydrogen-bond acceptors (Lipinski definition) is 9. The van der Waals surface area contributed by atoms with Crippen molar-refractivity contribution in [3.05, 3.63) is 12.2 Å². The first-order chi connectivity index (χ1) is 17.0. The number of carbonyl (C=O) groups is 5. The van der Waals surface area contributed by atoms with E-state index in [-0.39, 0.29) is 12.5 Å². The molecule has 0 spiro atoms. The first kappa shape index (κ1) is 33.8. The van der Waals surface area contributed by atoms with Crippen LogP contribution in [-0.2, 0) is 28.7 Å². The number of unbranched alkanes of at least 4 members (excludes halogenated alkanes) is 6. The summed E-state index contributed by atoms with van der Waals surface area (Å²) in [5.41, 5.74) is -2.50. The van der Waals surface area contributed by atoms with Crippen molar-refractivity contribution in [1.29, 1.82) is 0 Å². The Bertz CT molecular complexity index is 742. The van der Waals surface area contributed by atoms with Gasteiger partial charge in [0, 0.05) is 5.92 Å². The normalized spacial score (nSPS) is 14.3. The Kier molecular flexibility index (Phi) is 17.0. The molecule has 36 heavy (non-hydrogen) atoms. The van der Waals surface area contributed by atoms with Crippen LogP contribution >= 0.6 is 0 Å². The Hall–Kier alpha value is -2.23. The number of allylic oxidation sites excluding steroid dienone is 1. The molecule has 206 valence electrons. The fourth-order valence-electron chi connectivity index (χ4n) is 4.29. The predicted molar refractivity (Wildman–Crippen MR) is 134 cm³/mol. The van der Waals surface area contributed by atoms with Gasteiger partial charge in [0.05, 0.1) is 12.7 Å². The number of esters is 2. The van der Waals surface area contributed by atoms with Crippen molar-refractivity contribution >= 4 is 29.3 Å². The average Bonchev–Trinajstić information content (AvgIpc) is 2.81. The molecule has 0 aliphatic rings. The van der Waals surface area contributed by atoms with E-state index >= 15 is 0 Å². The number of hydrogen-bond donors (Lipinski definition) is 3. The van der Waals surface area contributed by atoms with E-state index in [1.807, 2.05) is 12.2 Å². The summed E-state index contributed by atoms with van der Waals surface area (Å²) in [5, 5.41) is 28.2. The number of ketones is 3. The molecule has 9 heteroatoms. The minimum atomic E-state index is -2.50. The number of carbonyl (C=O) groups excluding carboxylic acids is 5. The van der Waals surface area contributed by atoms with Gasteiger partial charge in [0.15, 0.2) is 23.1 Å². The van der Waals surface area contributed by atoms with Crippen molar-refractivity contribution in [3.63, 3.8) is 0 Å². The molecule has 0 heterocycles. The van der Waals surface area contributed by atoms with Gasteiger partial charge in [-0.3, -0.25) is 14.4 Å². The van der Waals surface area contributed by atoms with E-state index in [0.29, 0.717) is 19.3 Å². The molecule has 0 bridgehead atoms. The number of aliphatic hydroxyl groups excluding tert-OH is 3. The minimum Gasteiger partial charge on any atom is -0.393 e. The van der Waals surface area contributed by atoms with Crippen LogP contribution in [-0.4, -0.2) is 63.4 Å². The van der Waals surface area contributed by atoms with Gasteiger partial charge in [0.1, 0.15) is 5.78 Å². The van der Waals surface area contributed by atoms with Crippen molar-refractivity contribution < 1.29 is 44.0 Å². The summed E-state index contributed by atoms with van der Waals surface area (Å²) >= 11 is 0. The molecule has 0 fully saturated rings. The van der Waals surface area contributed by atoms with Gasteiger partial charge in [0.2, 0.25) is 0 Å². The first-order valence-corrected chi connectivity index (χ1v) is 12.9. The molecule has 3 atom stereocenters. The van der Waals surface area contributed by atoms with Gasteiger partial charge in [-0.25, -0.2) is 9.59 Å². The average molecular weight is 513 g/mol. The Labute approximate surface area is 214 Å². The Morgan fingerprint density at radius 3 is 1.94 bits per heavy atom. The summed E-state index contributed by atoms with van der Waals surface area (Å²) in [6.07, 6.45) is 10.2. The maximum atomic E-state index is 12.8. The quantitative estimate of drug-likeness (QED) is 0.0966. The summed E-state index contributed by atoms with van der Waals surface area (Å²) in [5.74, 6) is -6.77. The van der Waals surface area contributed by atoms with Crippen LogP contribution in [0.25, 0.3) is 0 Å². The molecule has 3 unspecified atom stereocenters. The lowest BCUT2D eigenvalue weighted by Crippen LogP contribution is -2.54. The fourth-order valence-corrected chi connectivity index (χ4v) is 4.29. The van der Waals surface area contributed by atoms with E-state index in [9.17, 15) is 34.2 Å². The molecule has 0 aromatic carbocycles. The monoisotopic (exact) mass is 512 g/mol. The second-order valence-electron chi connectivity index (χ2n) is 9.34. The van der Waals surface area contributed by atoms with Gasteiger partial charge in [-0.2, -0.15) is 0 Å². The van der Waals surface area contributed by atoms with E-state index in [1.54, 1.807) is 0 Å². The molecule has 0 saturated heterocycles.